The van der Waals surface area contributed by atoms with Crippen molar-refractivity contribution in [3.8, 4) is 0 Å². The first-order valence-corrected chi connectivity index (χ1v) is 5.85. The van der Waals surface area contributed by atoms with Gasteiger partial charge in [0.2, 0.25) is 0 Å². The van der Waals surface area contributed by atoms with Gasteiger partial charge in [0.25, 0.3) is 5.56 Å². The van der Waals surface area contributed by atoms with Gasteiger partial charge in [-0.25, -0.2) is 9.97 Å². The fourth-order valence-corrected chi connectivity index (χ4v) is 2.61. The summed E-state index contributed by atoms with van der Waals surface area (Å²) in [5.41, 5.74) is -0.351. The summed E-state index contributed by atoms with van der Waals surface area (Å²) in [4.78, 5) is 21.6. The van der Waals surface area contributed by atoms with Crippen LogP contribution in [0.25, 0.3) is 0 Å². The molecular weight excluding hydrogens is 256 g/mol. The zero-order valence-electron chi connectivity index (χ0n) is 7.52. The maximum Gasteiger partial charge on any atom is 0.270 e. The quantitative estimate of drug-likeness (QED) is 0.833. The van der Waals surface area contributed by atoms with Crippen LogP contribution in [-0.2, 0) is 0 Å². The maximum atomic E-state index is 11.2. The van der Waals surface area contributed by atoms with Crippen molar-refractivity contribution in [3.63, 3.8) is 0 Å². The van der Waals surface area contributed by atoms with Gasteiger partial charge in [-0.15, -0.1) is 0 Å². The minimum absolute atomic E-state index is 0.0790. The van der Waals surface area contributed by atoms with E-state index in [9.17, 15) is 4.79 Å². The lowest BCUT2D eigenvalue weighted by Crippen LogP contribution is -2.07. The van der Waals surface area contributed by atoms with Crippen LogP contribution in [0.1, 0.15) is 5.82 Å². The Hall–Kier alpha value is -0.920. The Morgan fingerprint density at radius 1 is 1.60 bits per heavy atom. The predicted molar refractivity (Wildman–Crippen MR) is 58.6 cm³/mol. The molecule has 78 valence electrons. The molecule has 2 heterocycles. The molecule has 0 fully saturated rings. The molecule has 1 N–H and O–H groups in total. The van der Waals surface area contributed by atoms with Crippen LogP contribution >= 0.6 is 34.9 Å². The number of aromatic nitrogens is 4. The van der Waals surface area contributed by atoms with Crippen molar-refractivity contribution in [2.75, 3.05) is 0 Å². The molecular formula is C7H5ClN4OS2. The summed E-state index contributed by atoms with van der Waals surface area (Å²) in [7, 11) is 0. The molecule has 2 aromatic rings. The molecule has 0 radical (unpaired) electrons. The smallest absolute Gasteiger partial charge is 0.270 e. The van der Waals surface area contributed by atoms with E-state index in [1.165, 1.54) is 29.6 Å². The molecule has 0 spiro atoms. The third-order valence-corrected chi connectivity index (χ3v) is 3.77. The first kappa shape index (κ1) is 10.6. The molecule has 15 heavy (non-hydrogen) atoms. The SMILES string of the molecule is Cc1nsc(Sc2nc[nH]c(=O)c2Cl)n1. The number of nitrogens with one attached hydrogen (secondary N) is 1. The van der Waals surface area contributed by atoms with Crippen LogP contribution in [0.5, 0.6) is 0 Å². The Kier molecular flexibility index (Phi) is 3.03. The van der Waals surface area contributed by atoms with E-state index in [1.54, 1.807) is 6.92 Å². The van der Waals surface area contributed by atoms with Gasteiger partial charge in [-0.3, -0.25) is 4.79 Å². The minimum atomic E-state index is -0.351. The predicted octanol–water partition coefficient (Wildman–Crippen LogP) is 1.73. The molecule has 0 aliphatic rings. The number of halogens is 1. The average Bonchev–Trinajstić information content (AvgIpc) is 2.59. The highest BCUT2D eigenvalue weighted by Crippen LogP contribution is 2.30. The molecule has 0 unspecified atom stereocenters. The lowest BCUT2D eigenvalue weighted by atomic mass is 10.7. The van der Waals surface area contributed by atoms with Crippen molar-refractivity contribution in [3.05, 3.63) is 27.5 Å². The van der Waals surface area contributed by atoms with Gasteiger partial charge in [0.05, 0.1) is 6.33 Å². The van der Waals surface area contributed by atoms with Crippen molar-refractivity contribution in [1.82, 2.24) is 19.3 Å². The Bertz CT molecular complexity index is 538. The van der Waals surface area contributed by atoms with Crippen molar-refractivity contribution < 1.29 is 0 Å². The van der Waals surface area contributed by atoms with Crippen LogP contribution in [0.3, 0.4) is 0 Å². The number of aromatic amines is 1. The molecule has 5 nitrogen and oxygen atoms in total. The van der Waals surface area contributed by atoms with E-state index >= 15 is 0 Å². The van der Waals surface area contributed by atoms with E-state index in [-0.39, 0.29) is 10.6 Å². The van der Waals surface area contributed by atoms with Crippen LogP contribution in [0, 0.1) is 6.92 Å². The van der Waals surface area contributed by atoms with Crippen LogP contribution in [-0.4, -0.2) is 19.3 Å². The second-order valence-electron chi connectivity index (χ2n) is 2.56. The van der Waals surface area contributed by atoms with Crippen LogP contribution in [0.15, 0.2) is 20.5 Å². The summed E-state index contributed by atoms with van der Waals surface area (Å²) in [6.07, 6.45) is 1.31. The minimum Gasteiger partial charge on any atom is -0.312 e. The fraction of sp³-hybridized carbons (Fsp3) is 0.143. The number of hydrogen-bond donors (Lipinski definition) is 1. The first-order chi connectivity index (χ1) is 7.16. The van der Waals surface area contributed by atoms with Crippen molar-refractivity contribution >= 4 is 34.9 Å². The van der Waals surface area contributed by atoms with E-state index in [2.05, 4.69) is 19.3 Å². The highest BCUT2D eigenvalue weighted by Gasteiger charge is 2.10. The zero-order chi connectivity index (χ0) is 10.8. The van der Waals surface area contributed by atoms with Crippen molar-refractivity contribution in [2.45, 2.75) is 16.3 Å². The van der Waals surface area contributed by atoms with Gasteiger partial charge in [0.1, 0.15) is 15.9 Å². The molecule has 0 saturated carbocycles. The average molecular weight is 261 g/mol. The van der Waals surface area contributed by atoms with E-state index in [0.29, 0.717) is 15.2 Å². The molecule has 0 saturated heterocycles. The van der Waals surface area contributed by atoms with Gasteiger partial charge in [0, 0.05) is 0 Å². The van der Waals surface area contributed by atoms with E-state index in [0.717, 1.165) is 0 Å². The number of aryl methyl sites for hydroxylation is 1. The third kappa shape index (κ3) is 2.36. The molecule has 0 bridgehead atoms. The summed E-state index contributed by atoms with van der Waals surface area (Å²) in [6, 6.07) is 0. The highest BCUT2D eigenvalue weighted by atomic mass is 35.5. The van der Waals surface area contributed by atoms with Crippen LogP contribution in [0.4, 0.5) is 0 Å². The van der Waals surface area contributed by atoms with E-state index < -0.39 is 0 Å². The number of hydrogen-bond acceptors (Lipinski definition) is 6. The summed E-state index contributed by atoms with van der Waals surface area (Å²) < 4.78 is 4.73. The number of H-pyrrole nitrogens is 1. The van der Waals surface area contributed by atoms with Gasteiger partial charge in [-0.2, -0.15) is 4.37 Å². The topological polar surface area (TPSA) is 71.5 Å². The van der Waals surface area contributed by atoms with Gasteiger partial charge in [-0.05, 0) is 30.2 Å². The van der Waals surface area contributed by atoms with Crippen molar-refractivity contribution in [2.24, 2.45) is 0 Å². The van der Waals surface area contributed by atoms with Gasteiger partial charge < -0.3 is 4.98 Å². The molecule has 0 aromatic carbocycles. The zero-order valence-corrected chi connectivity index (χ0v) is 9.91. The summed E-state index contributed by atoms with van der Waals surface area (Å²) in [5.74, 6) is 0.698. The molecule has 0 aliphatic carbocycles. The number of rotatable bonds is 2. The monoisotopic (exact) mass is 260 g/mol. The second kappa shape index (κ2) is 4.30. The van der Waals surface area contributed by atoms with Crippen LogP contribution in [0.2, 0.25) is 5.02 Å². The highest BCUT2D eigenvalue weighted by molar-refractivity contribution is 8.01. The van der Waals surface area contributed by atoms with Gasteiger partial charge >= 0.3 is 0 Å². The van der Waals surface area contributed by atoms with Crippen molar-refractivity contribution in [1.29, 1.82) is 0 Å². The molecule has 8 heteroatoms. The summed E-state index contributed by atoms with van der Waals surface area (Å²) in [5, 5.41) is 0.520. The number of nitrogens with zero attached hydrogens (tertiary/aromatic N) is 3. The lowest BCUT2D eigenvalue weighted by molar-refractivity contribution is 1.01. The van der Waals surface area contributed by atoms with Gasteiger partial charge in [-0.1, -0.05) is 11.6 Å². The summed E-state index contributed by atoms with van der Waals surface area (Å²) in [6.45, 7) is 1.80. The lowest BCUT2D eigenvalue weighted by Gasteiger charge is -1.96. The van der Waals surface area contributed by atoms with E-state index in [1.807, 2.05) is 0 Å². The third-order valence-electron chi connectivity index (χ3n) is 1.46. The molecule has 2 rings (SSSR count). The maximum absolute atomic E-state index is 11.2. The van der Waals surface area contributed by atoms with Gasteiger partial charge in [0.15, 0.2) is 4.34 Å². The summed E-state index contributed by atoms with van der Waals surface area (Å²) >= 11 is 8.26. The standard InChI is InChI=1S/C7H5ClN4OS2/c1-3-11-7(15-12-3)14-6-4(8)5(13)9-2-10-6/h2H,1H3,(H,9,10,13). The molecule has 0 atom stereocenters. The molecule has 2 aromatic heterocycles. The largest absolute Gasteiger partial charge is 0.312 e. The van der Waals surface area contributed by atoms with Crippen LogP contribution < -0.4 is 5.56 Å². The normalized spacial score (nSPS) is 10.5. The fourth-order valence-electron chi connectivity index (χ4n) is 0.840. The molecule has 0 aliphatic heterocycles. The Labute approximate surface area is 98.1 Å². The second-order valence-corrected chi connectivity index (χ2v) is 4.93. The Morgan fingerprint density at radius 2 is 2.40 bits per heavy atom. The first-order valence-electron chi connectivity index (χ1n) is 3.88. The Balaban J connectivity index is 2.32. The molecule has 0 amide bonds. The Morgan fingerprint density at radius 3 is 3.07 bits per heavy atom. The van der Waals surface area contributed by atoms with E-state index in [4.69, 9.17) is 11.6 Å².